The third-order valence-corrected chi connectivity index (χ3v) is 2.52. The maximum absolute atomic E-state index is 12.0. The molecule has 0 saturated heterocycles. The maximum Gasteiger partial charge on any atom is 0.190 e. The molecule has 0 radical (unpaired) electrons. The number of carbonyl (C=O) groups is 1. The van der Waals surface area contributed by atoms with Crippen molar-refractivity contribution in [3.8, 4) is 0 Å². The van der Waals surface area contributed by atoms with E-state index in [-0.39, 0.29) is 5.78 Å². The second-order valence-corrected chi connectivity index (χ2v) is 3.98. The van der Waals surface area contributed by atoms with E-state index in [1.165, 1.54) is 0 Å². The first-order valence-corrected chi connectivity index (χ1v) is 5.03. The molecule has 1 aromatic heterocycles. The molecule has 2 rings (SSSR count). The van der Waals surface area contributed by atoms with Crippen LogP contribution in [0.15, 0.2) is 30.2 Å². The first kappa shape index (κ1) is 9.90. The Morgan fingerprint density at radius 3 is 2.93 bits per heavy atom. The summed E-state index contributed by atoms with van der Waals surface area (Å²) < 4.78 is 0. The van der Waals surface area contributed by atoms with Gasteiger partial charge in [0.05, 0.1) is 0 Å². The molecule has 0 bridgehead atoms. The summed E-state index contributed by atoms with van der Waals surface area (Å²) in [5, 5.41) is 0. The molecule has 0 amide bonds. The lowest BCUT2D eigenvalue weighted by molar-refractivity contribution is 0.102. The molecule has 0 fully saturated rings. The number of rotatable bonds is 1. The van der Waals surface area contributed by atoms with E-state index in [1.807, 2.05) is 25.2 Å². The fourth-order valence-corrected chi connectivity index (χ4v) is 1.84. The Morgan fingerprint density at radius 1 is 1.40 bits per heavy atom. The van der Waals surface area contributed by atoms with Gasteiger partial charge in [-0.1, -0.05) is 0 Å². The Balaban J connectivity index is 2.38. The molecule has 0 N–H and O–H groups in total. The molecule has 1 aliphatic carbocycles. The van der Waals surface area contributed by atoms with Crippen molar-refractivity contribution < 1.29 is 4.79 Å². The number of ketones is 1. The van der Waals surface area contributed by atoms with Crippen molar-refractivity contribution in [1.29, 1.82) is 0 Å². The molecule has 0 unspecified atom stereocenters. The lowest BCUT2D eigenvalue weighted by atomic mass is 9.88. The van der Waals surface area contributed by atoms with Gasteiger partial charge < -0.3 is 4.90 Å². The lowest BCUT2D eigenvalue weighted by Crippen LogP contribution is -2.17. The summed E-state index contributed by atoms with van der Waals surface area (Å²) in [7, 11) is 3.87. The Labute approximate surface area is 89.4 Å². The average Bonchev–Trinajstić information content (AvgIpc) is 2.22. The van der Waals surface area contributed by atoms with Crippen LogP contribution in [0.5, 0.6) is 0 Å². The van der Waals surface area contributed by atoms with Gasteiger partial charge in [-0.15, -0.1) is 0 Å². The highest BCUT2D eigenvalue weighted by molar-refractivity contribution is 6.10. The summed E-state index contributed by atoms with van der Waals surface area (Å²) in [6, 6.07) is 1.81. The molecule has 0 aromatic carbocycles. The Hall–Kier alpha value is -1.64. The fraction of sp³-hybridized carbons (Fsp3) is 0.333. The highest BCUT2D eigenvalue weighted by Crippen LogP contribution is 2.24. The topological polar surface area (TPSA) is 33.2 Å². The Bertz CT molecular complexity index is 421. The molecular weight excluding hydrogens is 188 g/mol. The summed E-state index contributed by atoms with van der Waals surface area (Å²) in [6.07, 6.45) is 7.10. The van der Waals surface area contributed by atoms with Crippen molar-refractivity contribution in [1.82, 2.24) is 9.88 Å². The normalized spacial score (nSPS) is 17.7. The first-order valence-electron chi connectivity index (χ1n) is 5.03. The molecule has 0 spiro atoms. The largest absolute Gasteiger partial charge is 0.383 e. The molecule has 78 valence electrons. The van der Waals surface area contributed by atoms with Crippen LogP contribution in [0.1, 0.15) is 22.3 Å². The number of nitrogens with zero attached hydrogens (tertiary/aromatic N) is 2. The number of aromatic nitrogens is 1. The molecule has 15 heavy (non-hydrogen) atoms. The van der Waals surface area contributed by atoms with Gasteiger partial charge in [0.25, 0.3) is 0 Å². The van der Waals surface area contributed by atoms with E-state index in [2.05, 4.69) is 4.98 Å². The molecule has 3 nitrogen and oxygen atoms in total. The van der Waals surface area contributed by atoms with Crippen molar-refractivity contribution in [3.63, 3.8) is 0 Å². The van der Waals surface area contributed by atoms with Gasteiger partial charge >= 0.3 is 0 Å². The average molecular weight is 202 g/mol. The van der Waals surface area contributed by atoms with E-state index in [0.717, 1.165) is 29.5 Å². The first-order chi connectivity index (χ1) is 7.18. The summed E-state index contributed by atoms with van der Waals surface area (Å²) in [6.45, 7) is 0. The lowest BCUT2D eigenvalue weighted by Gasteiger charge is -2.18. The minimum absolute atomic E-state index is 0.146. The molecule has 1 heterocycles. The van der Waals surface area contributed by atoms with Crippen molar-refractivity contribution in [3.05, 3.63) is 41.4 Å². The number of hydrogen-bond acceptors (Lipinski definition) is 3. The second-order valence-electron chi connectivity index (χ2n) is 3.98. The number of fused-ring (bicyclic) bond motifs is 1. The van der Waals surface area contributed by atoms with Gasteiger partial charge in [-0.2, -0.15) is 0 Å². The summed E-state index contributed by atoms with van der Waals surface area (Å²) in [5.41, 5.74) is 2.77. The zero-order chi connectivity index (χ0) is 10.8. The van der Waals surface area contributed by atoms with Crippen LogP contribution in [0.2, 0.25) is 0 Å². The zero-order valence-corrected chi connectivity index (χ0v) is 9.03. The van der Waals surface area contributed by atoms with E-state index in [0.29, 0.717) is 0 Å². The van der Waals surface area contributed by atoms with Crippen LogP contribution in [0.3, 0.4) is 0 Å². The fourth-order valence-electron chi connectivity index (χ4n) is 1.84. The highest BCUT2D eigenvalue weighted by atomic mass is 16.1. The van der Waals surface area contributed by atoms with Crippen molar-refractivity contribution in [2.24, 2.45) is 0 Å². The van der Waals surface area contributed by atoms with E-state index in [4.69, 9.17) is 0 Å². The minimum atomic E-state index is 0.146. The van der Waals surface area contributed by atoms with Crippen LogP contribution in [-0.4, -0.2) is 29.8 Å². The minimum Gasteiger partial charge on any atom is -0.383 e. The second kappa shape index (κ2) is 3.85. The maximum atomic E-state index is 12.0. The zero-order valence-electron chi connectivity index (χ0n) is 9.03. The quantitative estimate of drug-likeness (QED) is 0.649. The van der Waals surface area contributed by atoms with Crippen LogP contribution in [0, 0.1) is 0 Å². The van der Waals surface area contributed by atoms with Crippen LogP contribution in [0.25, 0.3) is 0 Å². The third kappa shape index (κ3) is 1.91. The van der Waals surface area contributed by atoms with Crippen LogP contribution < -0.4 is 0 Å². The smallest absolute Gasteiger partial charge is 0.190 e. The number of Topliss-reactive ketones (excluding diaryl/α,β-unsaturated/α-hetero) is 1. The summed E-state index contributed by atoms with van der Waals surface area (Å²) in [4.78, 5) is 18.0. The molecule has 1 aliphatic rings. The number of aryl methyl sites for hydroxylation is 1. The standard InChI is InChI=1S/C12H14N2O/c1-14(2)8-10-4-3-9-7-13-6-5-11(9)12(10)15/h5-8H,3-4H2,1-2H3. The van der Waals surface area contributed by atoms with E-state index >= 15 is 0 Å². The van der Waals surface area contributed by atoms with Crippen LogP contribution in [0.4, 0.5) is 0 Å². The van der Waals surface area contributed by atoms with Crippen LogP contribution in [-0.2, 0) is 6.42 Å². The van der Waals surface area contributed by atoms with Gasteiger partial charge in [0.2, 0.25) is 0 Å². The number of hydrogen-bond donors (Lipinski definition) is 0. The molecule has 0 atom stereocenters. The Kier molecular flexibility index (Phi) is 2.54. The van der Waals surface area contributed by atoms with E-state index in [9.17, 15) is 4.79 Å². The van der Waals surface area contributed by atoms with Gasteiger partial charge in [-0.05, 0) is 24.5 Å². The number of carbonyl (C=O) groups excluding carboxylic acids is 1. The van der Waals surface area contributed by atoms with Gasteiger partial charge in [0.15, 0.2) is 5.78 Å². The van der Waals surface area contributed by atoms with E-state index < -0.39 is 0 Å². The van der Waals surface area contributed by atoms with Crippen LogP contribution >= 0.6 is 0 Å². The number of pyridine rings is 1. The molecule has 0 aliphatic heterocycles. The van der Waals surface area contributed by atoms with Crippen molar-refractivity contribution in [2.45, 2.75) is 12.8 Å². The summed E-state index contributed by atoms with van der Waals surface area (Å²) in [5.74, 6) is 0.146. The van der Waals surface area contributed by atoms with Crippen molar-refractivity contribution in [2.75, 3.05) is 14.1 Å². The van der Waals surface area contributed by atoms with Gasteiger partial charge in [0.1, 0.15) is 0 Å². The highest BCUT2D eigenvalue weighted by Gasteiger charge is 2.21. The third-order valence-electron chi connectivity index (χ3n) is 2.52. The predicted molar refractivity (Wildman–Crippen MR) is 58.7 cm³/mol. The van der Waals surface area contributed by atoms with E-state index in [1.54, 1.807) is 18.5 Å². The SMILES string of the molecule is CN(C)C=C1CCc2cnccc2C1=O. The molecule has 0 saturated carbocycles. The molecule has 3 heteroatoms. The van der Waals surface area contributed by atoms with Crippen molar-refractivity contribution >= 4 is 5.78 Å². The van der Waals surface area contributed by atoms with Gasteiger partial charge in [-0.25, -0.2) is 0 Å². The monoisotopic (exact) mass is 202 g/mol. The Morgan fingerprint density at radius 2 is 2.20 bits per heavy atom. The molecular formula is C12H14N2O. The van der Waals surface area contributed by atoms with Gasteiger partial charge in [0, 0.05) is 43.8 Å². The number of allylic oxidation sites excluding steroid dienone is 1. The summed E-state index contributed by atoms with van der Waals surface area (Å²) >= 11 is 0. The molecule has 1 aromatic rings. The van der Waals surface area contributed by atoms with Gasteiger partial charge in [-0.3, -0.25) is 9.78 Å². The predicted octanol–water partition coefficient (Wildman–Crippen LogP) is 1.66.